The van der Waals surface area contributed by atoms with E-state index >= 15 is 0 Å². The van der Waals surface area contributed by atoms with Gasteiger partial charge in [-0.2, -0.15) is 5.48 Å². The average molecular weight is 364 g/mol. The quantitative estimate of drug-likeness (QED) is 0.804. The van der Waals surface area contributed by atoms with Gasteiger partial charge in [0.2, 0.25) is 5.76 Å². The normalized spacial score (nSPS) is 32.2. The van der Waals surface area contributed by atoms with E-state index in [0.717, 1.165) is 36.0 Å². The third kappa shape index (κ3) is 2.47. The highest BCUT2D eigenvalue weighted by Crippen LogP contribution is 2.51. The maximum atomic E-state index is 13.1. The molecule has 0 aromatic heterocycles. The SMILES string of the molecule is Cc1ccc(C2=C3CCCC4C(c5ccc(C)cc5)NOC34[NH+]([O-])O2)cc1. The highest BCUT2D eigenvalue weighted by Gasteiger charge is 2.65. The van der Waals surface area contributed by atoms with Gasteiger partial charge >= 0.3 is 0 Å². The van der Waals surface area contributed by atoms with Gasteiger partial charge in [-0.15, -0.1) is 5.23 Å². The first kappa shape index (κ1) is 17.0. The van der Waals surface area contributed by atoms with E-state index in [0.29, 0.717) is 5.76 Å². The lowest BCUT2D eigenvalue weighted by Crippen LogP contribution is -3.15. The van der Waals surface area contributed by atoms with Gasteiger partial charge in [-0.1, -0.05) is 59.7 Å². The van der Waals surface area contributed by atoms with Gasteiger partial charge in [0.25, 0.3) is 5.72 Å². The van der Waals surface area contributed by atoms with Crippen LogP contribution in [0.3, 0.4) is 0 Å². The number of hydrogen-bond donors (Lipinski definition) is 2. The van der Waals surface area contributed by atoms with E-state index in [9.17, 15) is 5.21 Å². The van der Waals surface area contributed by atoms with Crippen molar-refractivity contribution in [1.82, 2.24) is 5.48 Å². The van der Waals surface area contributed by atoms with Crippen LogP contribution in [-0.4, -0.2) is 5.72 Å². The van der Waals surface area contributed by atoms with Crippen molar-refractivity contribution < 1.29 is 14.9 Å². The zero-order chi connectivity index (χ0) is 18.6. The summed E-state index contributed by atoms with van der Waals surface area (Å²) >= 11 is 0. The van der Waals surface area contributed by atoms with E-state index in [2.05, 4.69) is 43.6 Å². The zero-order valence-electron chi connectivity index (χ0n) is 15.6. The fourth-order valence-corrected chi connectivity index (χ4v) is 4.73. The lowest BCUT2D eigenvalue weighted by atomic mass is 9.73. The summed E-state index contributed by atoms with van der Waals surface area (Å²) in [5.41, 5.74) is 7.68. The van der Waals surface area contributed by atoms with Crippen LogP contribution in [0.15, 0.2) is 54.1 Å². The van der Waals surface area contributed by atoms with Crippen molar-refractivity contribution >= 4 is 5.76 Å². The third-order valence-electron chi connectivity index (χ3n) is 6.18. The third-order valence-corrected chi connectivity index (χ3v) is 6.18. The molecule has 2 aromatic carbocycles. The predicted molar refractivity (Wildman–Crippen MR) is 102 cm³/mol. The molecule has 140 valence electrons. The zero-order valence-corrected chi connectivity index (χ0v) is 15.6. The Balaban J connectivity index is 1.57. The van der Waals surface area contributed by atoms with Crippen LogP contribution in [0.5, 0.6) is 0 Å². The van der Waals surface area contributed by atoms with Crippen molar-refractivity contribution in [1.29, 1.82) is 0 Å². The van der Waals surface area contributed by atoms with E-state index < -0.39 is 5.72 Å². The number of nitrogens with one attached hydrogen (secondary N) is 2. The number of quaternary nitrogens is 1. The second-order valence-electron chi connectivity index (χ2n) is 7.91. The first-order valence-electron chi connectivity index (χ1n) is 9.62. The number of aryl methyl sites for hydroxylation is 2. The molecule has 1 spiro atoms. The number of rotatable bonds is 2. The van der Waals surface area contributed by atoms with Crippen molar-refractivity contribution in [3.05, 3.63) is 81.6 Å². The molecule has 5 rings (SSSR count). The molecule has 5 heteroatoms. The van der Waals surface area contributed by atoms with Gasteiger partial charge in [-0.3, -0.25) is 0 Å². The maximum absolute atomic E-state index is 13.1. The molecule has 2 N–H and O–H groups in total. The standard InChI is InChI=1S/C22H24N2O3/c1-14-6-10-16(11-7-14)20-18-4-3-5-19-21(17-12-8-15(2)9-13-17)26-24(25)22(18,19)27-23-20/h6-13,18,20,23-24H,3-5H2,1-2H3. The molecule has 0 radical (unpaired) electrons. The molecule has 2 heterocycles. The monoisotopic (exact) mass is 364 g/mol. The van der Waals surface area contributed by atoms with Crippen molar-refractivity contribution in [3.8, 4) is 0 Å². The van der Waals surface area contributed by atoms with Crippen LogP contribution in [0, 0.1) is 25.0 Å². The van der Waals surface area contributed by atoms with Crippen molar-refractivity contribution in [2.75, 3.05) is 0 Å². The summed E-state index contributed by atoms with van der Waals surface area (Å²) in [7, 11) is 0. The largest absolute Gasteiger partial charge is 0.588 e. The molecule has 1 aliphatic carbocycles. The van der Waals surface area contributed by atoms with Gasteiger partial charge < -0.3 is 10.0 Å². The number of hydroxylamine groups is 3. The minimum absolute atomic E-state index is 0.00850. The van der Waals surface area contributed by atoms with E-state index in [1.165, 1.54) is 11.1 Å². The molecule has 4 atom stereocenters. The van der Waals surface area contributed by atoms with E-state index in [1.807, 2.05) is 24.3 Å². The fourth-order valence-electron chi connectivity index (χ4n) is 4.73. The Bertz CT molecular complexity index is 891. The van der Waals surface area contributed by atoms with E-state index in [4.69, 9.17) is 9.68 Å². The van der Waals surface area contributed by atoms with E-state index in [1.54, 1.807) is 0 Å². The summed E-state index contributed by atoms with van der Waals surface area (Å²) in [6, 6.07) is 16.6. The lowest BCUT2D eigenvalue weighted by molar-refractivity contribution is -1.09. The molecule has 2 aliphatic heterocycles. The van der Waals surface area contributed by atoms with Gasteiger partial charge in [0.1, 0.15) is 0 Å². The first-order chi connectivity index (χ1) is 13.1. The summed E-state index contributed by atoms with van der Waals surface area (Å²) in [5.74, 6) is 0.732. The second kappa shape index (κ2) is 6.17. The van der Waals surface area contributed by atoms with Crippen molar-refractivity contribution in [2.45, 2.75) is 44.9 Å². The van der Waals surface area contributed by atoms with Crippen molar-refractivity contribution in [3.63, 3.8) is 0 Å². The molecule has 1 saturated heterocycles. The first-order valence-corrected chi connectivity index (χ1v) is 9.62. The van der Waals surface area contributed by atoms with Crippen LogP contribution in [0.25, 0.3) is 5.76 Å². The Morgan fingerprint density at radius 1 is 1.04 bits per heavy atom. The minimum Gasteiger partial charge on any atom is -0.588 e. The Kier molecular flexibility index (Phi) is 3.88. The van der Waals surface area contributed by atoms with Gasteiger partial charge in [0.15, 0.2) is 0 Å². The highest BCUT2D eigenvalue weighted by atomic mass is 16.9. The van der Waals surface area contributed by atoms with Gasteiger partial charge in [-0.25, -0.2) is 4.84 Å². The predicted octanol–water partition coefficient (Wildman–Crippen LogP) is 3.11. The van der Waals surface area contributed by atoms with Crippen LogP contribution < -0.4 is 10.7 Å². The summed E-state index contributed by atoms with van der Waals surface area (Å²) in [6.45, 7) is 4.13. The van der Waals surface area contributed by atoms with Crippen LogP contribution in [0.4, 0.5) is 0 Å². The topological polar surface area (TPSA) is 58.0 Å². The average Bonchev–Trinajstić information content (AvgIpc) is 3.21. The molecular weight excluding hydrogens is 340 g/mol. The Morgan fingerprint density at radius 3 is 2.41 bits per heavy atom. The number of benzene rings is 2. The molecule has 1 saturated carbocycles. The molecule has 0 amide bonds. The summed E-state index contributed by atoms with van der Waals surface area (Å²) in [5, 5.41) is 12.8. The van der Waals surface area contributed by atoms with E-state index in [-0.39, 0.29) is 17.2 Å². The second-order valence-corrected chi connectivity index (χ2v) is 7.91. The summed E-state index contributed by atoms with van der Waals surface area (Å²) in [4.78, 5) is 11.9. The van der Waals surface area contributed by atoms with Gasteiger partial charge in [-0.05, 0) is 38.7 Å². The van der Waals surface area contributed by atoms with Crippen LogP contribution in [-0.2, 0) is 9.68 Å². The molecule has 2 aromatic rings. The highest BCUT2D eigenvalue weighted by molar-refractivity contribution is 5.66. The lowest BCUT2D eigenvalue weighted by Gasteiger charge is -2.38. The van der Waals surface area contributed by atoms with Crippen LogP contribution in [0.2, 0.25) is 0 Å². The smallest absolute Gasteiger partial charge is 0.288 e. The maximum Gasteiger partial charge on any atom is 0.288 e. The molecule has 2 fully saturated rings. The Labute approximate surface area is 159 Å². The Hall–Kier alpha value is -2.18. The van der Waals surface area contributed by atoms with Crippen LogP contribution in [0.1, 0.15) is 47.6 Å². The molecular formula is C22H24N2O3. The molecule has 5 nitrogen and oxygen atoms in total. The molecule has 0 bridgehead atoms. The van der Waals surface area contributed by atoms with Crippen molar-refractivity contribution in [2.24, 2.45) is 5.92 Å². The molecule has 4 unspecified atom stereocenters. The molecule has 3 aliphatic rings. The Morgan fingerprint density at radius 2 is 1.70 bits per heavy atom. The number of hydrogen-bond acceptors (Lipinski definition) is 4. The molecule has 27 heavy (non-hydrogen) atoms. The minimum atomic E-state index is -0.992. The fraction of sp³-hybridized carbons (Fsp3) is 0.364. The van der Waals surface area contributed by atoms with Gasteiger partial charge in [0.05, 0.1) is 17.5 Å². The van der Waals surface area contributed by atoms with Gasteiger partial charge in [0, 0.05) is 5.56 Å². The van der Waals surface area contributed by atoms with Crippen LogP contribution >= 0.6 is 0 Å². The summed E-state index contributed by atoms with van der Waals surface area (Å²) in [6.07, 6.45) is 2.79. The summed E-state index contributed by atoms with van der Waals surface area (Å²) < 4.78 is 0.